The highest BCUT2D eigenvalue weighted by Crippen LogP contribution is 2.38. The average Bonchev–Trinajstić information content (AvgIpc) is 3.47. The molecule has 3 aromatic carbocycles. The molecule has 45 heavy (non-hydrogen) atoms. The fourth-order valence-corrected chi connectivity index (χ4v) is 5.47. The summed E-state index contributed by atoms with van der Waals surface area (Å²) < 4.78 is 40.7. The van der Waals surface area contributed by atoms with Crippen LogP contribution in [0, 0.1) is 0 Å². The topological polar surface area (TPSA) is 125 Å². The molecule has 0 radical (unpaired) electrons. The van der Waals surface area contributed by atoms with Gasteiger partial charge in [0.15, 0.2) is 12.6 Å². The molecule has 2 heterocycles. The van der Waals surface area contributed by atoms with Crippen molar-refractivity contribution in [3.63, 3.8) is 0 Å². The van der Waals surface area contributed by atoms with Crippen LogP contribution in [0.1, 0.15) is 30.5 Å². The van der Waals surface area contributed by atoms with Crippen LogP contribution in [0.15, 0.2) is 91.0 Å². The van der Waals surface area contributed by atoms with Gasteiger partial charge < -0.3 is 48.5 Å². The Bertz CT molecular complexity index is 1240. The maximum absolute atomic E-state index is 9.61. The first kappa shape index (κ1) is 35.1. The van der Waals surface area contributed by atoms with E-state index in [9.17, 15) is 10.2 Å². The Labute approximate surface area is 265 Å². The molecule has 5 rings (SSSR count). The first-order valence-electron chi connectivity index (χ1n) is 15.1. The third-order valence-electron chi connectivity index (χ3n) is 8.06. The lowest BCUT2D eigenvalue weighted by Gasteiger charge is -2.34. The quantitative estimate of drug-likeness (QED) is 0.259. The summed E-state index contributed by atoms with van der Waals surface area (Å²) in [6, 6.07) is 30.3. The highest BCUT2D eigenvalue weighted by Gasteiger charge is 2.56. The highest BCUT2D eigenvalue weighted by molar-refractivity contribution is 5.16. The first-order valence-corrected chi connectivity index (χ1v) is 15.1. The van der Waals surface area contributed by atoms with Gasteiger partial charge in [0.1, 0.15) is 35.6 Å². The van der Waals surface area contributed by atoms with Crippen molar-refractivity contribution >= 4 is 0 Å². The summed E-state index contributed by atoms with van der Waals surface area (Å²) in [6.45, 7) is 4.83. The smallest absolute Gasteiger partial charge is 0.189 e. The number of aliphatic hydroxyl groups excluding tert-OH is 2. The maximum atomic E-state index is 9.61. The van der Waals surface area contributed by atoms with Gasteiger partial charge in [-0.15, -0.1) is 0 Å². The SMILES string of the molecule is COC1O[C@H](CO)[C@@H](O)[C@@]1(C)O.COC1O[C@H](COCc2ccccc2)[C@@H](OCc2ccccc2)[C@@]1(C)OCc1ccccc1. The molecule has 8 atom stereocenters. The van der Waals surface area contributed by atoms with E-state index < -0.39 is 36.0 Å². The number of methoxy groups -OCH3 is 2. The van der Waals surface area contributed by atoms with Gasteiger partial charge in [0, 0.05) is 14.2 Å². The van der Waals surface area contributed by atoms with Crippen LogP contribution in [-0.4, -0.2) is 91.0 Å². The fourth-order valence-electron chi connectivity index (χ4n) is 5.47. The van der Waals surface area contributed by atoms with Crippen LogP contribution in [0.2, 0.25) is 0 Å². The summed E-state index contributed by atoms with van der Waals surface area (Å²) in [7, 11) is 3.00. The minimum absolute atomic E-state index is 0.330. The minimum Gasteiger partial charge on any atom is -0.394 e. The Morgan fingerprint density at radius 2 is 1.18 bits per heavy atom. The largest absolute Gasteiger partial charge is 0.394 e. The molecule has 2 aliphatic heterocycles. The van der Waals surface area contributed by atoms with Crippen LogP contribution >= 0.6 is 0 Å². The van der Waals surface area contributed by atoms with Gasteiger partial charge in [-0.05, 0) is 30.5 Å². The van der Waals surface area contributed by atoms with E-state index >= 15 is 0 Å². The molecule has 0 aliphatic carbocycles. The van der Waals surface area contributed by atoms with Crippen molar-refractivity contribution in [2.24, 2.45) is 0 Å². The number of hydrogen-bond donors (Lipinski definition) is 3. The van der Waals surface area contributed by atoms with Crippen molar-refractivity contribution in [3.05, 3.63) is 108 Å². The van der Waals surface area contributed by atoms with Crippen molar-refractivity contribution in [1.82, 2.24) is 0 Å². The molecule has 0 amide bonds. The molecule has 10 heteroatoms. The normalized spacial score (nSPS) is 31.0. The lowest BCUT2D eigenvalue weighted by molar-refractivity contribution is -0.216. The number of benzene rings is 3. The zero-order valence-corrected chi connectivity index (χ0v) is 26.4. The molecule has 10 nitrogen and oxygen atoms in total. The second-order valence-electron chi connectivity index (χ2n) is 11.5. The molecule has 2 unspecified atom stereocenters. The van der Waals surface area contributed by atoms with E-state index in [4.69, 9.17) is 38.3 Å². The molecule has 246 valence electrons. The van der Waals surface area contributed by atoms with Crippen molar-refractivity contribution in [2.75, 3.05) is 27.4 Å². The second-order valence-corrected chi connectivity index (χ2v) is 11.5. The summed E-state index contributed by atoms with van der Waals surface area (Å²) in [5.41, 5.74) is 1.03. The molecule has 2 saturated heterocycles. The van der Waals surface area contributed by atoms with Crippen LogP contribution in [0.5, 0.6) is 0 Å². The Morgan fingerprint density at radius 1 is 0.689 bits per heavy atom. The summed E-state index contributed by atoms with van der Waals surface area (Å²) in [6.07, 6.45) is -4.06. The number of hydrogen-bond acceptors (Lipinski definition) is 10. The van der Waals surface area contributed by atoms with Gasteiger partial charge >= 0.3 is 0 Å². The van der Waals surface area contributed by atoms with Gasteiger partial charge in [-0.2, -0.15) is 0 Å². The van der Waals surface area contributed by atoms with Crippen molar-refractivity contribution in [1.29, 1.82) is 0 Å². The fraction of sp³-hybridized carbons (Fsp3) is 0.486. The van der Waals surface area contributed by atoms with E-state index in [1.54, 1.807) is 7.11 Å². The lowest BCUT2D eigenvalue weighted by Crippen LogP contribution is -2.50. The molecule has 3 N–H and O–H groups in total. The Balaban J connectivity index is 0.000000323. The lowest BCUT2D eigenvalue weighted by atomic mass is 9.96. The number of ether oxygens (including phenoxy) is 7. The summed E-state index contributed by atoms with van der Waals surface area (Å²) >= 11 is 0. The average molecular weight is 627 g/mol. The van der Waals surface area contributed by atoms with Crippen LogP contribution in [0.4, 0.5) is 0 Å². The van der Waals surface area contributed by atoms with Crippen molar-refractivity contribution in [3.8, 4) is 0 Å². The number of rotatable bonds is 13. The molecular formula is C35H46O10. The van der Waals surface area contributed by atoms with E-state index in [-0.39, 0.29) is 18.8 Å². The van der Waals surface area contributed by atoms with Crippen molar-refractivity contribution < 1.29 is 48.5 Å². The molecule has 2 fully saturated rings. The Kier molecular flexibility index (Phi) is 13.0. The summed E-state index contributed by atoms with van der Waals surface area (Å²) in [5.74, 6) is 0. The van der Waals surface area contributed by atoms with Gasteiger partial charge in [-0.3, -0.25) is 0 Å². The van der Waals surface area contributed by atoms with E-state index in [2.05, 4.69) is 0 Å². The van der Waals surface area contributed by atoms with Crippen LogP contribution in [-0.2, 0) is 53.0 Å². The minimum atomic E-state index is -1.46. The van der Waals surface area contributed by atoms with Gasteiger partial charge in [-0.25, -0.2) is 0 Å². The van der Waals surface area contributed by atoms with Crippen molar-refractivity contribution in [2.45, 2.75) is 81.9 Å². The third kappa shape index (κ3) is 8.96. The molecule has 2 aliphatic rings. The van der Waals surface area contributed by atoms with E-state index in [1.807, 2.05) is 97.9 Å². The molecule has 0 saturated carbocycles. The zero-order chi connectivity index (χ0) is 32.3. The van der Waals surface area contributed by atoms with E-state index in [0.29, 0.717) is 26.4 Å². The second kappa shape index (κ2) is 16.7. The number of aliphatic hydroxyl groups is 3. The maximum Gasteiger partial charge on any atom is 0.189 e. The first-order chi connectivity index (χ1) is 21.7. The standard InChI is InChI=1S/C28H32O5.C7H14O5/c1-28(32-20-24-16-10-5-11-17-24)26(31-19-23-14-8-4-9-15-23)25(33-27(28)29-2)21-30-18-22-12-6-3-7-13-22;1-7(10)5(9)4(3-8)12-6(7)11-2/h3-17,25-27H,18-21H2,1-2H3;4-6,8-10H,3H2,1-2H3/t25-,26-,27?,28-;4-,5-,6?,7-/m11/s1. The molecule has 0 spiro atoms. The Morgan fingerprint density at radius 3 is 1.64 bits per heavy atom. The molecule has 0 bridgehead atoms. The molecule has 3 aromatic rings. The highest BCUT2D eigenvalue weighted by atomic mass is 16.7. The van der Waals surface area contributed by atoms with Crippen LogP contribution in [0.25, 0.3) is 0 Å². The monoisotopic (exact) mass is 626 g/mol. The van der Waals surface area contributed by atoms with E-state index in [1.165, 1.54) is 14.0 Å². The van der Waals surface area contributed by atoms with E-state index in [0.717, 1.165) is 16.7 Å². The van der Waals surface area contributed by atoms with Gasteiger partial charge in [0.05, 0.1) is 33.0 Å². The van der Waals surface area contributed by atoms with Gasteiger partial charge in [0.25, 0.3) is 0 Å². The Hall–Kier alpha value is -2.74. The van der Waals surface area contributed by atoms with Crippen LogP contribution < -0.4 is 0 Å². The predicted octanol–water partition coefficient (Wildman–Crippen LogP) is 3.60. The zero-order valence-electron chi connectivity index (χ0n) is 26.4. The summed E-state index contributed by atoms with van der Waals surface area (Å²) in [4.78, 5) is 0. The predicted molar refractivity (Wildman–Crippen MR) is 166 cm³/mol. The van der Waals surface area contributed by atoms with Gasteiger partial charge in [-0.1, -0.05) is 91.0 Å². The van der Waals surface area contributed by atoms with Crippen LogP contribution in [0.3, 0.4) is 0 Å². The van der Waals surface area contributed by atoms with Gasteiger partial charge in [0.2, 0.25) is 0 Å². The molecule has 0 aromatic heterocycles. The molecular weight excluding hydrogens is 580 g/mol. The summed E-state index contributed by atoms with van der Waals surface area (Å²) in [5, 5.41) is 27.7. The third-order valence-corrected chi connectivity index (χ3v) is 8.06.